The van der Waals surface area contributed by atoms with Crippen LogP contribution < -0.4 is 0 Å². The fraction of sp³-hybridized carbons (Fsp3) is 0.143. The topological polar surface area (TPSA) is 40.9 Å². The highest BCUT2D eigenvalue weighted by Gasteiger charge is 2.07. The smallest absolute Gasteiger partial charge is 0.140 e. The normalized spacial score (nSPS) is 15.8. The van der Waals surface area contributed by atoms with E-state index in [4.69, 9.17) is 4.78 Å². The second-order valence-electron chi connectivity index (χ2n) is 2.27. The molecule has 1 aromatic rings. The number of nitrogens with one attached hydrogen (secondary N) is 1. The van der Waals surface area contributed by atoms with Gasteiger partial charge in [-0.05, 0) is 12.1 Å². The van der Waals surface area contributed by atoms with Gasteiger partial charge in [0.05, 0.1) is 14.6 Å². The number of hydrogen-bond donors (Lipinski definition) is 1. The summed E-state index contributed by atoms with van der Waals surface area (Å²) >= 11 is 0. The lowest BCUT2D eigenvalue weighted by Gasteiger charge is -2.00. The standard InChI is InChI=1S/C7H8FNOS/c1-11(9,10)7-5-3-2-4-6(7)8/h2-5,9H,1H3. The Labute approximate surface area is 65.0 Å². The maximum Gasteiger partial charge on any atom is 0.140 e. The van der Waals surface area contributed by atoms with Gasteiger partial charge in [-0.25, -0.2) is 13.4 Å². The maximum absolute atomic E-state index is 12.8. The third-order valence-electron chi connectivity index (χ3n) is 1.26. The molecule has 0 aliphatic heterocycles. The molecule has 0 radical (unpaired) electrons. The molecule has 0 fully saturated rings. The molecule has 1 atom stereocenters. The van der Waals surface area contributed by atoms with Crippen LogP contribution in [0.2, 0.25) is 0 Å². The van der Waals surface area contributed by atoms with Gasteiger partial charge in [-0.1, -0.05) is 12.1 Å². The molecule has 60 valence electrons. The Morgan fingerprint density at radius 2 is 2.00 bits per heavy atom. The minimum Gasteiger partial charge on any atom is -0.249 e. The van der Waals surface area contributed by atoms with Crippen molar-refractivity contribution in [3.63, 3.8) is 0 Å². The van der Waals surface area contributed by atoms with E-state index < -0.39 is 15.5 Å². The van der Waals surface area contributed by atoms with Crippen LogP contribution in [0.4, 0.5) is 4.39 Å². The fourth-order valence-electron chi connectivity index (χ4n) is 0.761. The van der Waals surface area contributed by atoms with Gasteiger partial charge in [-0.15, -0.1) is 0 Å². The van der Waals surface area contributed by atoms with Crippen LogP contribution in [0.1, 0.15) is 0 Å². The first kappa shape index (κ1) is 8.20. The summed E-state index contributed by atoms with van der Waals surface area (Å²) in [6.07, 6.45) is 1.20. The molecule has 11 heavy (non-hydrogen) atoms. The molecule has 0 heterocycles. The van der Waals surface area contributed by atoms with E-state index in [1.165, 1.54) is 24.5 Å². The molecule has 0 amide bonds. The van der Waals surface area contributed by atoms with Crippen molar-refractivity contribution < 1.29 is 8.60 Å². The summed E-state index contributed by atoms with van der Waals surface area (Å²) in [7, 11) is -2.91. The van der Waals surface area contributed by atoms with Gasteiger partial charge in [0.15, 0.2) is 0 Å². The Balaban J connectivity index is 3.37. The van der Waals surface area contributed by atoms with E-state index in [1.807, 2.05) is 0 Å². The molecule has 0 bridgehead atoms. The third-order valence-corrected chi connectivity index (χ3v) is 2.43. The van der Waals surface area contributed by atoms with Crippen LogP contribution in [-0.2, 0) is 9.73 Å². The molecule has 0 saturated carbocycles. The number of benzene rings is 1. The molecule has 1 unspecified atom stereocenters. The van der Waals surface area contributed by atoms with Crippen molar-refractivity contribution in [2.75, 3.05) is 6.26 Å². The molecule has 1 rings (SSSR count). The lowest BCUT2D eigenvalue weighted by atomic mass is 10.4. The second-order valence-corrected chi connectivity index (χ2v) is 4.40. The molecule has 0 aliphatic rings. The number of halogens is 1. The van der Waals surface area contributed by atoms with Crippen molar-refractivity contribution in [2.45, 2.75) is 4.90 Å². The van der Waals surface area contributed by atoms with Gasteiger partial charge in [0.2, 0.25) is 0 Å². The summed E-state index contributed by atoms with van der Waals surface area (Å²) in [6.45, 7) is 0. The quantitative estimate of drug-likeness (QED) is 0.691. The van der Waals surface area contributed by atoms with Gasteiger partial charge < -0.3 is 0 Å². The van der Waals surface area contributed by atoms with Crippen LogP contribution in [0.5, 0.6) is 0 Å². The zero-order chi connectivity index (χ0) is 8.48. The van der Waals surface area contributed by atoms with Crippen molar-refractivity contribution in [1.82, 2.24) is 0 Å². The van der Waals surface area contributed by atoms with Gasteiger partial charge in [0, 0.05) is 6.26 Å². The van der Waals surface area contributed by atoms with Crippen molar-refractivity contribution in [2.24, 2.45) is 0 Å². The van der Waals surface area contributed by atoms with Crippen LogP contribution in [-0.4, -0.2) is 10.5 Å². The second kappa shape index (κ2) is 2.62. The van der Waals surface area contributed by atoms with E-state index >= 15 is 0 Å². The monoisotopic (exact) mass is 173 g/mol. The zero-order valence-corrected chi connectivity index (χ0v) is 6.82. The minimum atomic E-state index is -2.91. The van der Waals surface area contributed by atoms with Gasteiger partial charge >= 0.3 is 0 Å². The van der Waals surface area contributed by atoms with Gasteiger partial charge in [-0.2, -0.15) is 0 Å². The van der Waals surface area contributed by atoms with Gasteiger partial charge in [-0.3, -0.25) is 0 Å². The lowest BCUT2D eigenvalue weighted by molar-refractivity contribution is 0.594. The van der Waals surface area contributed by atoms with E-state index in [0.29, 0.717) is 0 Å². The lowest BCUT2D eigenvalue weighted by Crippen LogP contribution is -1.97. The van der Waals surface area contributed by atoms with E-state index in [-0.39, 0.29) is 4.90 Å². The Morgan fingerprint density at radius 3 is 2.36 bits per heavy atom. The van der Waals surface area contributed by atoms with Crippen molar-refractivity contribution in [3.8, 4) is 0 Å². The minimum absolute atomic E-state index is 0.0278. The Bertz CT molecular complexity index is 358. The molecule has 0 spiro atoms. The highest BCUT2D eigenvalue weighted by atomic mass is 32.2. The Kier molecular flexibility index (Phi) is 1.95. The Hall–Kier alpha value is -0.900. The first-order valence-electron chi connectivity index (χ1n) is 3.00. The highest BCUT2D eigenvalue weighted by Crippen LogP contribution is 2.12. The largest absolute Gasteiger partial charge is 0.249 e. The summed E-state index contributed by atoms with van der Waals surface area (Å²) in [5.41, 5.74) is 0. The molecule has 2 nitrogen and oxygen atoms in total. The third kappa shape index (κ3) is 1.77. The Morgan fingerprint density at radius 1 is 1.45 bits per heavy atom. The maximum atomic E-state index is 12.8. The van der Waals surface area contributed by atoms with Crippen LogP contribution in [0.3, 0.4) is 0 Å². The number of hydrogen-bond acceptors (Lipinski definition) is 2. The van der Waals surface area contributed by atoms with Crippen molar-refractivity contribution in [1.29, 1.82) is 4.78 Å². The summed E-state index contributed by atoms with van der Waals surface area (Å²) in [5.74, 6) is -0.574. The highest BCUT2D eigenvalue weighted by molar-refractivity contribution is 7.91. The van der Waals surface area contributed by atoms with E-state index in [2.05, 4.69) is 0 Å². The van der Waals surface area contributed by atoms with Crippen molar-refractivity contribution in [3.05, 3.63) is 30.1 Å². The molecule has 1 N–H and O–H groups in total. The number of rotatable bonds is 1. The average molecular weight is 173 g/mol. The van der Waals surface area contributed by atoms with Gasteiger partial charge in [0.25, 0.3) is 0 Å². The van der Waals surface area contributed by atoms with E-state index in [1.54, 1.807) is 6.07 Å². The molecule has 4 heteroatoms. The van der Waals surface area contributed by atoms with Crippen LogP contribution in [0.15, 0.2) is 29.2 Å². The first-order chi connectivity index (χ1) is 5.02. The SMILES string of the molecule is CS(=N)(=O)c1ccccc1F. The molecule has 0 saturated heterocycles. The molecular formula is C7H8FNOS. The summed E-state index contributed by atoms with van der Waals surface area (Å²) < 4.78 is 30.9. The summed E-state index contributed by atoms with van der Waals surface area (Å²) in [4.78, 5) is -0.0278. The first-order valence-corrected chi connectivity index (χ1v) is 4.97. The molecule has 0 aliphatic carbocycles. The van der Waals surface area contributed by atoms with Crippen LogP contribution in [0.25, 0.3) is 0 Å². The molecule has 0 aromatic heterocycles. The average Bonchev–Trinajstić information content (AvgIpc) is 1.86. The zero-order valence-electron chi connectivity index (χ0n) is 6.00. The van der Waals surface area contributed by atoms with Crippen molar-refractivity contribution >= 4 is 9.73 Å². The van der Waals surface area contributed by atoms with Crippen LogP contribution >= 0.6 is 0 Å². The summed E-state index contributed by atoms with van der Waals surface area (Å²) in [5, 5.41) is 0. The predicted octanol–water partition coefficient (Wildman–Crippen LogP) is 1.86. The van der Waals surface area contributed by atoms with E-state index in [9.17, 15) is 8.60 Å². The van der Waals surface area contributed by atoms with Crippen LogP contribution in [0, 0.1) is 10.6 Å². The predicted molar refractivity (Wildman–Crippen MR) is 41.5 cm³/mol. The molecular weight excluding hydrogens is 165 g/mol. The fourth-order valence-corrected chi connectivity index (χ4v) is 1.54. The van der Waals surface area contributed by atoms with Gasteiger partial charge in [0.1, 0.15) is 5.82 Å². The molecule has 1 aromatic carbocycles. The van der Waals surface area contributed by atoms with E-state index in [0.717, 1.165) is 0 Å². The summed E-state index contributed by atoms with van der Waals surface area (Å²) in [6, 6.07) is 5.64.